The molecule has 0 bridgehead atoms. The molecule has 1 aliphatic heterocycles. The van der Waals surface area contributed by atoms with E-state index in [4.69, 9.17) is 4.74 Å². The highest BCUT2D eigenvalue weighted by atomic mass is 16.5. The molecule has 1 fully saturated rings. The van der Waals surface area contributed by atoms with Crippen LogP contribution in [-0.4, -0.2) is 32.2 Å². The molecule has 1 heterocycles. The van der Waals surface area contributed by atoms with Gasteiger partial charge < -0.3 is 10.1 Å². The van der Waals surface area contributed by atoms with Crippen LogP contribution in [0.1, 0.15) is 24.9 Å². The van der Waals surface area contributed by atoms with Gasteiger partial charge in [0.15, 0.2) is 0 Å². The number of hydrogen-bond donors (Lipinski definition) is 3. The fourth-order valence-corrected chi connectivity index (χ4v) is 2.38. The zero-order chi connectivity index (χ0) is 14.2. The van der Waals surface area contributed by atoms with Gasteiger partial charge in [-0.15, -0.1) is 0 Å². The maximum atomic E-state index is 12.2. The van der Waals surface area contributed by atoms with Gasteiger partial charge in [-0.25, -0.2) is 5.43 Å². The lowest BCUT2D eigenvalue weighted by atomic mass is 9.94. The SMILES string of the molecule is CCOCCCNC(=O)C1CNNC1c1ccccc1. The first kappa shape index (κ1) is 15.0. The van der Waals surface area contributed by atoms with Crippen LogP contribution < -0.4 is 16.2 Å². The zero-order valence-corrected chi connectivity index (χ0v) is 11.9. The van der Waals surface area contributed by atoms with Gasteiger partial charge in [0, 0.05) is 26.3 Å². The van der Waals surface area contributed by atoms with Crippen LogP contribution in [-0.2, 0) is 9.53 Å². The van der Waals surface area contributed by atoms with Gasteiger partial charge in [-0.3, -0.25) is 10.2 Å². The van der Waals surface area contributed by atoms with E-state index in [1.54, 1.807) is 0 Å². The molecule has 0 aromatic heterocycles. The van der Waals surface area contributed by atoms with E-state index in [0.29, 0.717) is 19.7 Å². The molecule has 5 heteroatoms. The Bertz CT molecular complexity index is 411. The third-order valence-electron chi connectivity index (χ3n) is 3.45. The fraction of sp³-hybridized carbons (Fsp3) is 0.533. The Kier molecular flexibility index (Phi) is 5.98. The van der Waals surface area contributed by atoms with Crippen LogP contribution in [0.5, 0.6) is 0 Å². The largest absolute Gasteiger partial charge is 0.382 e. The molecule has 1 aromatic carbocycles. The first-order valence-corrected chi connectivity index (χ1v) is 7.21. The number of amides is 1. The van der Waals surface area contributed by atoms with Crippen molar-refractivity contribution in [1.82, 2.24) is 16.2 Å². The summed E-state index contributed by atoms with van der Waals surface area (Å²) in [7, 11) is 0. The van der Waals surface area contributed by atoms with Gasteiger partial charge in [-0.05, 0) is 18.9 Å². The van der Waals surface area contributed by atoms with Crippen LogP contribution in [0.15, 0.2) is 30.3 Å². The number of hydrogen-bond acceptors (Lipinski definition) is 4. The van der Waals surface area contributed by atoms with E-state index in [-0.39, 0.29) is 17.9 Å². The number of nitrogens with one attached hydrogen (secondary N) is 3. The number of rotatable bonds is 7. The fourth-order valence-electron chi connectivity index (χ4n) is 2.38. The molecule has 3 N–H and O–H groups in total. The molecule has 0 radical (unpaired) electrons. The molecule has 0 aliphatic carbocycles. The average molecular weight is 277 g/mol. The monoisotopic (exact) mass is 277 g/mol. The van der Waals surface area contributed by atoms with Crippen molar-refractivity contribution in [2.45, 2.75) is 19.4 Å². The van der Waals surface area contributed by atoms with Gasteiger partial charge in [0.05, 0.1) is 12.0 Å². The Balaban J connectivity index is 1.83. The van der Waals surface area contributed by atoms with Gasteiger partial charge in [0.1, 0.15) is 0 Å². The Morgan fingerprint density at radius 1 is 1.40 bits per heavy atom. The van der Waals surface area contributed by atoms with Crippen molar-refractivity contribution in [3.8, 4) is 0 Å². The summed E-state index contributed by atoms with van der Waals surface area (Å²) in [4.78, 5) is 12.2. The number of carbonyl (C=O) groups excluding carboxylic acids is 1. The van der Waals surface area contributed by atoms with E-state index in [9.17, 15) is 4.79 Å². The summed E-state index contributed by atoms with van der Waals surface area (Å²) in [5, 5.41) is 2.98. The van der Waals surface area contributed by atoms with Crippen LogP contribution in [0.2, 0.25) is 0 Å². The van der Waals surface area contributed by atoms with Crippen LogP contribution in [0.25, 0.3) is 0 Å². The Morgan fingerprint density at radius 3 is 2.95 bits per heavy atom. The third-order valence-corrected chi connectivity index (χ3v) is 3.45. The quantitative estimate of drug-likeness (QED) is 0.651. The molecule has 0 spiro atoms. The summed E-state index contributed by atoms with van der Waals surface area (Å²) in [5.41, 5.74) is 7.39. The molecule has 110 valence electrons. The highest BCUT2D eigenvalue weighted by molar-refractivity contribution is 5.80. The summed E-state index contributed by atoms with van der Waals surface area (Å²) in [6.45, 7) is 4.70. The number of benzene rings is 1. The van der Waals surface area contributed by atoms with Crippen molar-refractivity contribution < 1.29 is 9.53 Å². The van der Waals surface area contributed by atoms with Gasteiger partial charge >= 0.3 is 0 Å². The molecule has 1 amide bonds. The van der Waals surface area contributed by atoms with Crippen molar-refractivity contribution in [2.24, 2.45) is 5.92 Å². The van der Waals surface area contributed by atoms with Gasteiger partial charge in [-0.1, -0.05) is 30.3 Å². The molecular weight excluding hydrogens is 254 g/mol. The summed E-state index contributed by atoms with van der Waals surface area (Å²) in [6.07, 6.45) is 0.850. The number of carbonyl (C=O) groups is 1. The second kappa shape index (κ2) is 7.99. The predicted molar refractivity (Wildman–Crippen MR) is 77.9 cm³/mol. The van der Waals surface area contributed by atoms with Crippen molar-refractivity contribution in [1.29, 1.82) is 0 Å². The lowest BCUT2D eigenvalue weighted by Gasteiger charge is -2.18. The molecule has 20 heavy (non-hydrogen) atoms. The van der Waals surface area contributed by atoms with Gasteiger partial charge in [-0.2, -0.15) is 0 Å². The number of ether oxygens (including phenoxy) is 1. The molecule has 2 atom stereocenters. The Labute approximate surface area is 120 Å². The van der Waals surface area contributed by atoms with E-state index in [0.717, 1.165) is 18.6 Å². The summed E-state index contributed by atoms with van der Waals surface area (Å²) in [5.74, 6) is 0.0114. The summed E-state index contributed by atoms with van der Waals surface area (Å²) in [6, 6.07) is 10.1. The van der Waals surface area contributed by atoms with E-state index in [1.807, 2.05) is 37.3 Å². The first-order valence-electron chi connectivity index (χ1n) is 7.21. The highest BCUT2D eigenvalue weighted by Gasteiger charge is 2.33. The molecule has 1 aromatic rings. The lowest BCUT2D eigenvalue weighted by molar-refractivity contribution is -0.124. The third kappa shape index (κ3) is 4.03. The standard InChI is InChI=1S/C15H23N3O2/c1-2-20-10-6-9-16-15(19)13-11-17-18-14(13)12-7-4-3-5-8-12/h3-5,7-8,13-14,17-18H,2,6,9-11H2,1H3,(H,16,19). The average Bonchev–Trinajstić information content (AvgIpc) is 2.97. The van der Waals surface area contributed by atoms with E-state index < -0.39 is 0 Å². The molecule has 5 nitrogen and oxygen atoms in total. The summed E-state index contributed by atoms with van der Waals surface area (Å²) >= 11 is 0. The minimum atomic E-state index is -0.0792. The minimum absolute atomic E-state index is 0.0306. The van der Waals surface area contributed by atoms with Crippen molar-refractivity contribution >= 4 is 5.91 Å². The van der Waals surface area contributed by atoms with Crippen molar-refractivity contribution in [3.05, 3.63) is 35.9 Å². The topological polar surface area (TPSA) is 62.4 Å². The lowest BCUT2D eigenvalue weighted by Crippen LogP contribution is -2.35. The molecule has 1 saturated heterocycles. The van der Waals surface area contributed by atoms with Crippen LogP contribution >= 0.6 is 0 Å². The molecule has 0 saturated carbocycles. The smallest absolute Gasteiger partial charge is 0.226 e. The second-order valence-electron chi connectivity index (χ2n) is 4.86. The molecule has 1 aliphatic rings. The zero-order valence-electron chi connectivity index (χ0n) is 11.9. The first-order chi connectivity index (χ1) is 9.83. The van der Waals surface area contributed by atoms with E-state index >= 15 is 0 Å². The van der Waals surface area contributed by atoms with Crippen molar-refractivity contribution in [2.75, 3.05) is 26.3 Å². The Morgan fingerprint density at radius 2 is 2.20 bits per heavy atom. The Hall–Kier alpha value is -1.43. The van der Waals surface area contributed by atoms with E-state index in [2.05, 4.69) is 16.2 Å². The predicted octanol–water partition coefficient (Wildman–Crippen LogP) is 0.995. The summed E-state index contributed by atoms with van der Waals surface area (Å²) < 4.78 is 5.26. The molecular formula is C15H23N3O2. The van der Waals surface area contributed by atoms with Crippen LogP contribution in [0, 0.1) is 5.92 Å². The van der Waals surface area contributed by atoms with Gasteiger partial charge in [0.25, 0.3) is 0 Å². The van der Waals surface area contributed by atoms with Gasteiger partial charge in [0.2, 0.25) is 5.91 Å². The maximum Gasteiger partial charge on any atom is 0.226 e. The van der Waals surface area contributed by atoms with E-state index in [1.165, 1.54) is 0 Å². The highest BCUT2D eigenvalue weighted by Crippen LogP contribution is 2.24. The van der Waals surface area contributed by atoms with Crippen LogP contribution in [0.3, 0.4) is 0 Å². The number of hydrazine groups is 1. The van der Waals surface area contributed by atoms with Crippen LogP contribution in [0.4, 0.5) is 0 Å². The normalized spacial score (nSPS) is 21.9. The molecule has 2 rings (SSSR count). The second-order valence-corrected chi connectivity index (χ2v) is 4.86. The minimum Gasteiger partial charge on any atom is -0.382 e. The molecule has 2 unspecified atom stereocenters. The maximum absolute atomic E-state index is 12.2. The van der Waals surface area contributed by atoms with Crippen molar-refractivity contribution in [3.63, 3.8) is 0 Å².